The number of carboxylic acids is 1. The lowest BCUT2D eigenvalue weighted by Gasteiger charge is -2.17. The second-order valence-electron chi connectivity index (χ2n) is 5.44. The SMILES string of the molecule is O=C(O)C1CN(C(=O)CCC2CC2)c2ccccc21. The highest BCUT2D eigenvalue weighted by Gasteiger charge is 2.36. The molecule has 0 bridgehead atoms. The van der Waals surface area contributed by atoms with Crippen LogP contribution in [0.25, 0.3) is 0 Å². The third-order valence-corrected chi connectivity index (χ3v) is 4.03. The second kappa shape index (κ2) is 4.68. The van der Waals surface area contributed by atoms with Crippen molar-refractivity contribution < 1.29 is 14.7 Å². The predicted molar refractivity (Wildman–Crippen MR) is 71.1 cm³/mol. The lowest BCUT2D eigenvalue weighted by Crippen LogP contribution is -2.31. The van der Waals surface area contributed by atoms with E-state index in [0.29, 0.717) is 6.42 Å². The Hall–Kier alpha value is -1.84. The number of hydrogen-bond donors (Lipinski definition) is 1. The zero-order chi connectivity index (χ0) is 13.4. The first-order valence-corrected chi connectivity index (χ1v) is 6.79. The summed E-state index contributed by atoms with van der Waals surface area (Å²) >= 11 is 0. The number of rotatable bonds is 4. The number of aliphatic carboxylic acids is 1. The Kier molecular flexibility index (Phi) is 3.01. The largest absolute Gasteiger partial charge is 0.481 e. The third kappa shape index (κ3) is 2.35. The van der Waals surface area contributed by atoms with Gasteiger partial charge < -0.3 is 10.0 Å². The van der Waals surface area contributed by atoms with Gasteiger partial charge in [-0.25, -0.2) is 0 Å². The molecule has 4 nitrogen and oxygen atoms in total. The van der Waals surface area contributed by atoms with E-state index < -0.39 is 11.9 Å². The van der Waals surface area contributed by atoms with Gasteiger partial charge in [0.05, 0.1) is 0 Å². The average Bonchev–Trinajstić information content (AvgIpc) is 3.14. The van der Waals surface area contributed by atoms with Gasteiger partial charge in [0.15, 0.2) is 0 Å². The van der Waals surface area contributed by atoms with Crippen molar-refractivity contribution in [3.8, 4) is 0 Å². The van der Waals surface area contributed by atoms with E-state index in [1.807, 2.05) is 24.3 Å². The molecule has 1 aromatic carbocycles. The number of fused-ring (bicyclic) bond motifs is 1. The quantitative estimate of drug-likeness (QED) is 0.903. The van der Waals surface area contributed by atoms with Crippen LogP contribution in [-0.4, -0.2) is 23.5 Å². The van der Waals surface area contributed by atoms with Crippen LogP contribution in [0.15, 0.2) is 24.3 Å². The number of benzene rings is 1. The average molecular weight is 259 g/mol. The molecule has 100 valence electrons. The van der Waals surface area contributed by atoms with Crippen LogP contribution in [0, 0.1) is 5.92 Å². The van der Waals surface area contributed by atoms with Gasteiger partial charge in [-0.15, -0.1) is 0 Å². The van der Waals surface area contributed by atoms with Crippen molar-refractivity contribution in [1.82, 2.24) is 0 Å². The first-order valence-electron chi connectivity index (χ1n) is 6.79. The number of carbonyl (C=O) groups excluding carboxylic acids is 1. The van der Waals surface area contributed by atoms with E-state index in [-0.39, 0.29) is 12.5 Å². The van der Waals surface area contributed by atoms with Crippen molar-refractivity contribution in [1.29, 1.82) is 0 Å². The number of para-hydroxylation sites is 1. The first-order chi connectivity index (χ1) is 9.16. The Bertz CT molecular complexity index is 522. The van der Waals surface area contributed by atoms with Crippen LogP contribution in [0.3, 0.4) is 0 Å². The van der Waals surface area contributed by atoms with Crippen molar-refractivity contribution >= 4 is 17.6 Å². The Labute approximate surface area is 112 Å². The fraction of sp³-hybridized carbons (Fsp3) is 0.467. The second-order valence-corrected chi connectivity index (χ2v) is 5.44. The minimum Gasteiger partial charge on any atom is -0.481 e. The molecule has 3 rings (SSSR count). The Balaban J connectivity index is 1.79. The first kappa shape index (κ1) is 12.2. The van der Waals surface area contributed by atoms with Crippen LogP contribution >= 0.6 is 0 Å². The molecule has 4 heteroatoms. The molecule has 1 saturated carbocycles. The number of carboxylic acid groups (broad SMARTS) is 1. The van der Waals surface area contributed by atoms with E-state index >= 15 is 0 Å². The van der Waals surface area contributed by atoms with Gasteiger partial charge in [-0.3, -0.25) is 9.59 Å². The summed E-state index contributed by atoms with van der Waals surface area (Å²) in [5.74, 6) is -0.661. The smallest absolute Gasteiger partial charge is 0.312 e. The molecule has 19 heavy (non-hydrogen) atoms. The van der Waals surface area contributed by atoms with Gasteiger partial charge in [0.1, 0.15) is 5.92 Å². The Morgan fingerprint density at radius 3 is 2.68 bits per heavy atom. The van der Waals surface area contributed by atoms with Crippen molar-refractivity contribution in [2.24, 2.45) is 5.92 Å². The maximum Gasteiger partial charge on any atom is 0.312 e. The molecule has 0 saturated heterocycles. The molecule has 0 aromatic heterocycles. The number of nitrogens with zero attached hydrogens (tertiary/aromatic N) is 1. The van der Waals surface area contributed by atoms with Crippen molar-refractivity contribution in [3.05, 3.63) is 29.8 Å². The fourth-order valence-electron chi connectivity index (χ4n) is 2.72. The minimum absolute atomic E-state index is 0.0584. The molecule has 1 aromatic rings. The molecule has 0 spiro atoms. The molecular formula is C15H17NO3. The monoisotopic (exact) mass is 259 g/mol. The molecule has 1 unspecified atom stereocenters. The fourth-order valence-corrected chi connectivity index (χ4v) is 2.72. The van der Waals surface area contributed by atoms with Crippen LogP contribution in [0.2, 0.25) is 0 Å². The normalized spacial score (nSPS) is 21.3. The van der Waals surface area contributed by atoms with Gasteiger partial charge in [-0.2, -0.15) is 0 Å². The van der Waals surface area contributed by atoms with Gasteiger partial charge in [-0.1, -0.05) is 31.0 Å². The van der Waals surface area contributed by atoms with Crippen LogP contribution < -0.4 is 4.90 Å². The molecule has 1 N–H and O–H groups in total. The zero-order valence-electron chi connectivity index (χ0n) is 10.7. The highest BCUT2D eigenvalue weighted by atomic mass is 16.4. The summed E-state index contributed by atoms with van der Waals surface area (Å²) in [6, 6.07) is 7.33. The molecule has 1 fully saturated rings. The highest BCUT2D eigenvalue weighted by molar-refractivity contribution is 5.98. The van der Waals surface area contributed by atoms with Crippen LogP contribution in [-0.2, 0) is 9.59 Å². The summed E-state index contributed by atoms with van der Waals surface area (Å²) in [5.41, 5.74) is 1.53. The van der Waals surface area contributed by atoms with E-state index in [9.17, 15) is 14.7 Å². The van der Waals surface area contributed by atoms with E-state index in [0.717, 1.165) is 23.6 Å². The summed E-state index contributed by atoms with van der Waals surface area (Å²) in [4.78, 5) is 25.2. The molecule has 1 aliphatic carbocycles. The van der Waals surface area contributed by atoms with E-state index in [2.05, 4.69) is 0 Å². The molecule has 1 atom stereocenters. The molecule has 2 aliphatic rings. The highest BCUT2D eigenvalue weighted by Crippen LogP contribution is 2.38. The number of hydrogen-bond acceptors (Lipinski definition) is 2. The summed E-state index contributed by atoms with van der Waals surface area (Å²) in [5, 5.41) is 9.25. The number of anilines is 1. The van der Waals surface area contributed by atoms with Gasteiger partial charge in [0.25, 0.3) is 0 Å². The maximum absolute atomic E-state index is 12.2. The maximum atomic E-state index is 12.2. The summed E-state index contributed by atoms with van der Waals surface area (Å²) in [7, 11) is 0. The van der Waals surface area contributed by atoms with E-state index in [4.69, 9.17) is 0 Å². The molecule has 1 aliphatic heterocycles. The minimum atomic E-state index is -0.857. The summed E-state index contributed by atoms with van der Waals surface area (Å²) < 4.78 is 0. The molecule has 0 radical (unpaired) electrons. The zero-order valence-corrected chi connectivity index (χ0v) is 10.7. The van der Waals surface area contributed by atoms with Gasteiger partial charge in [0, 0.05) is 18.7 Å². The third-order valence-electron chi connectivity index (χ3n) is 4.03. The molecule has 1 amide bonds. The van der Waals surface area contributed by atoms with Crippen LogP contribution in [0.5, 0.6) is 0 Å². The van der Waals surface area contributed by atoms with E-state index in [1.165, 1.54) is 12.8 Å². The predicted octanol–water partition coefficient (Wildman–Crippen LogP) is 2.39. The van der Waals surface area contributed by atoms with Crippen molar-refractivity contribution in [2.45, 2.75) is 31.6 Å². The number of amides is 1. The van der Waals surface area contributed by atoms with Crippen molar-refractivity contribution in [3.63, 3.8) is 0 Å². The Morgan fingerprint density at radius 2 is 2.00 bits per heavy atom. The molecule has 1 heterocycles. The summed E-state index contributed by atoms with van der Waals surface area (Å²) in [6.07, 6.45) is 3.95. The van der Waals surface area contributed by atoms with Crippen molar-refractivity contribution in [2.75, 3.05) is 11.4 Å². The van der Waals surface area contributed by atoms with Gasteiger partial charge in [0.2, 0.25) is 5.91 Å². The van der Waals surface area contributed by atoms with E-state index in [1.54, 1.807) is 4.90 Å². The molecular weight excluding hydrogens is 242 g/mol. The Morgan fingerprint density at radius 1 is 1.26 bits per heavy atom. The van der Waals surface area contributed by atoms with Gasteiger partial charge >= 0.3 is 5.97 Å². The lowest BCUT2D eigenvalue weighted by atomic mass is 10.0. The summed E-state index contributed by atoms with van der Waals surface area (Å²) in [6.45, 7) is 0.276. The van der Waals surface area contributed by atoms with Crippen LogP contribution in [0.1, 0.15) is 37.2 Å². The number of carbonyl (C=O) groups is 2. The standard InChI is InChI=1S/C15H17NO3/c17-14(8-7-10-5-6-10)16-9-12(15(18)19)11-3-1-2-4-13(11)16/h1-4,10,12H,5-9H2,(H,18,19). The van der Waals surface area contributed by atoms with Crippen LogP contribution in [0.4, 0.5) is 5.69 Å². The topological polar surface area (TPSA) is 57.6 Å². The lowest BCUT2D eigenvalue weighted by molar-refractivity contribution is -0.138. The van der Waals surface area contributed by atoms with Gasteiger partial charge in [-0.05, 0) is 24.0 Å².